The minimum absolute atomic E-state index is 0.108. The first-order chi connectivity index (χ1) is 50.0. The van der Waals surface area contributed by atoms with Gasteiger partial charge in [-0.05, 0) is 31.6 Å². The van der Waals surface area contributed by atoms with E-state index in [-0.39, 0.29) is 25.7 Å². The molecule has 0 aromatic heterocycles. The van der Waals surface area contributed by atoms with E-state index in [9.17, 15) is 43.2 Å². The smallest absolute Gasteiger partial charge is 0.462 e. The summed E-state index contributed by atoms with van der Waals surface area (Å²) in [6.45, 7) is 7.36. The zero-order chi connectivity index (χ0) is 75.5. The quantitative estimate of drug-likeness (QED) is 0.0222. The second-order valence-electron chi connectivity index (χ2n) is 30.7. The summed E-state index contributed by atoms with van der Waals surface area (Å²) >= 11 is 0. The number of ether oxygens (including phenoxy) is 4. The number of aliphatic hydroxyl groups excluding tert-OH is 1. The zero-order valence-corrected chi connectivity index (χ0v) is 69.3. The van der Waals surface area contributed by atoms with Crippen molar-refractivity contribution in [3.05, 3.63) is 0 Å². The predicted molar refractivity (Wildman–Crippen MR) is 423 cm³/mol. The molecule has 0 fully saturated rings. The summed E-state index contributed by atoms with van der Waals surface area (Å²) in [5, 5.41) is 10.7. The topological polar surface area (TPSA) is 237 Å². The largest absolute Gasteiger partial charge is 0.472 e. The van der Waals surface area contributed by atoms with Crippen LogP contribution in [-0.2, 0) is 65.4 Å². The molecule has 0 saturated carbocycles. The molecule has 3 N–H and O–H groups in total. The number of hydrogen-bond acceptors (Lipinski definition) is 15. The molecule has 0 amide bonds. The van der Waals surface area contributed by atoms with Gasteiger partial charge in [-0.15, -0.1) is 0 Å². The van der Waals surface area contributed by atoms with Crippen LogP contribution in [-0.4, -0.2) is 96.7 Å². The van der Waals surface area contributed by atoms with Crippen molar-refractivity contribution in [3.8, 4) is 0 Å². The Bertz CT molecular complexity index is 1960. The monoisotopic (exact) mass is 1510 g/mol. The molecule has 17 nitrogen and oxygen atoms in total. The van der Waals surface area contributed by atoms with Gasteiger partial charge in [0.2, 0.25) is 0 Å². The van der Waals surface area contributed by atoms with Crippen LogP contribution in [0.3, 0.4) is 0 Å². The van der Waals surface area contributed by atoms with E-state index in [1.54, 1.807) is 0 Å². The molecule has 0 aliphatic rings. The Morgan fingerprint density at radius 1 is 0.262 bits per heavy atom. The van der Waals surface area contributed by atoms with Crippen molar-refractivity contribution in [2.24, 2.45) is 5.92 Å². The van der Waals surface area contributed by atoms with Crippen LogP contribution in [0.15, 0.2) is 0 Å². The Morgan fingerprint density at radius 2 is 0.447 bits per heavy atom. The fraction of sp³-hybridized carbons (Fsp3) is 0.952. The van der Waals surface area contributed by atoms with Gasteiger partial charge in [0.25, 0.3) is 0 Å². The van der Waals surface area contributed by atoms with E-state index < -0.39 is 97.5 Å². The molecular weight excluding hydrogens is 1340 g/mol. The van der Waals surface area contributed by atoms with Crippen LogP contribution in [0.1, 0.15) is 452 Å². The van der Waals surface area contributed by atoms with Gasteiger partial charge < -0.3 is 33.8 Å². The van der Waals surface area contributed by atoms with E-state index in [0.29, 0.717) is 25.7 Å². The van der Waals surface area contributed by atoms with Crippen LogP contribution in [0.5, 0.6) is 0 Å². The third-order valence-electron chi connectivity index (χ3n) is 19.8. The van der Waals surface area contributed by atoms with Crippen LogP contribution in [0.4, 0.5) is 0 Å². The molecule has 0 rings (SSSR count). The van der Waals surface area contributed by atoms with E-state index in [1.807, 2.05) is 0 Å². The summed E-state index contributed by atoms with van der Waals surface area (Å²) in [6.07, 6.45) is 69.3. The van der Waals surface area contributed by atoms with E-state index >= 15 is 0 Å². The Balaban J connectivity index is 5.24. The maximum absolute atomic E-state index is 13.1. The van der Waals surface area contributed by atoms with Gasteiger partial charge in [0.05, 0.1) is 26.4 Å². The minimum atomic E-state index is -4.96. The third kappa shape index (κ3) is 78.0. The van der Waals surface area contributed by atoms with Gasteiger partial charge in [0, 0.05) is 25.7 Å². The Labute approximate surface area is 632 Å². The van der Waals surface area contributed by atoms with E-state index in [4.69, 9.17) is 37.0 Å². The minimum Gasteiger partial charge on any atom is -0.462 e. The molecule has 19 heteroatoms. The van der Waals surface area contributed by atoms with Gasteiger partial charge >= 0.3 is 39.5 Å². The van der Waals surface area contributed by atoms with Gasteiger partial charge in [0.15, 0.2) is 12.2 Å². The first-order valence-corrected chi connectivity index (χ1v) is 46.6. The molecule has 0 radical (unpaired) electrons. The number of esters is 4. The van der Waals surface area contributed by atoms with Crippen molar-refractivity contribution in [3.63, 3.8) is 0 Å². The van der Waals surface area contributed by atoms with Crippen molar-refractivity contribution in [1.82, 2.24) is 0 Å². The van der Waals surface area contributed by atoms with Crippen LogP contribution < -0.4 is 0 Å². The first kappa shape index (κ1) is 101. The average molecular weight is 1510 g/mol. The lowest BCUT2D eigenvalue weighted by Gasteiger charge is -2.21. The number of rotatable bonds is 84. The van der Waals surface area contributed by atoms with Gasteiger partial charge in [-0.2, -0.15) is 0 Å². The molecule has 2 unspecified atom stereocenters. The molecule has 612 valence electrons. The van der Waals surface area contributed by atoms with E-state index in [0.717, 1.165) is 95.8 Å². The lowest BCUT2D eigenvalue weighted by Crippen LogP contribution is -2.30. The molecule has 0 spiro atoms. The second-order valence-corrected chi connectivity index (χ2v) is 33.6. The summed E-state index contributed by atoms with van der Waals surface area (Å²) in [4.78, 5) is 73.2. The summed E-state index contributed by atoms with van der Waals surface area (Å²) in [6, 6.07) is 0. The van der Waals surface area contributed by atoms with Gasteiger partial charge in [-0.25, -0.2) is 9.13 Å². The Kier molecular flexibility index (Phi) is 75.4. The maximum atomic E-state index is 13.1. The highest BCUT2D eigenvalue weighted by Crippen LogP contribution is 2.45. The highest BCUT2D eigenvalue weighted by Gasteiger charge is 2.30. The molecule has 0 aliphatic carbocycles. The van der Waals surface area contributed by atoms with Gasteiger partial charge in [-0.3, -0.25) is 37.3 Å². The molecule has 0 heterocycles. The molecule has 103 heavy (non-hydrogen) atoms. The Morgan fingerprint density at radius 3 is 0.660 bits per heavy atom. The summed E-state index contributed by atoms with van der Waals surface area (Å²) in [7, 11) is -9.92. The lowest BCUT2D eigenvalue weighted by molar-refractivity contribution is -0.161. The molecule has 0 aromatic rings. The third-order valence-corrected chi connectivity index (χ3v) is 21.7. The highest BCUT2D eigenvalue weighted by molar-refractivity contribution is 7.47. The highest BCUT2D eigenvalue weighted by atomic mass is 31.2. The number of carbonyl (C=O) groups is 4. The maximum Gasteiger partial charge on any atom is 0.472 e. The molecule has 0 saturated heterocycles. The molecular formula is C84H164O17P2. The van der Waals surface area contributed by atoms with E-state index in [1.165, 1.54) is 276 Å². The fourth-order valence-corrected chi connectivity index (χ4v) is 14.7. The van der Waals surface area contributed by atoms with Crippen molar-refractivity contribution in [2.45, 2.75) is 470 Å². The molecule has 0 aromatic carbocycles. The number of aliphatic hydroxyl groups is 1. The van der Waals surface area contributed by atoms with Crippen molar-refractivity contribution in [1.29, 1.82) is 0 Å². The van der Waals surface area contributed by atoms with E-state index in [2.05, 4.69) is 34.6 Å². The zero-order valence-electron chi connectivity index (χ0n) is 67.5. The van der Waals surface area contributed by atoms with Gasteiger partial charge in [0.1, 0.15) is 19.3 Å². The number of carbonyl (C=O) groups excluding carboxylic acids is 4. The fourth-order valence-electron chi connectivity index (χ4n) is 13.1. The second kappa shape index (κ2) is 76.8. The normalized spacial score (nSPS) is 13.8. The standard InChI is InChI=1S/C84H164O17P2/c1-6-9-12-15-18-21-24-26-28-30-32-34-36-38-44-49-54-59-64-69-83(88)100-80(74-95-82(87)68-63-58-53-48-43-37-35-33-31-29-27-25-22-19-16-13-10-7-2)76-99-103(92,93)97-72-78(85)71-96-102(90,91)98-75-79(73-94-81(86)67-62-57-52-47-41-23-20-17-14-11-8-3)101-84(89)70-65-60-55-50-45-40-39-42-46-51-56-61-66-77(4)5/h77-80,85H,6-76H2,1-5H3,(H,90,91)(H,92,93)/t78-,79+,80+/m0/s1. The molecule has 0 aliphatic heterocycles. The van der Waals surface area contributed by atoms with Crippen molar-refractivity contribution < 1.29 is 80.2 Å². The van der Waals surface area contributed by atoms with Crippen LogP contribution in [0.2, 0.25) is 0 Å². The summed E-state index contributed by atoms with van der Waals surface area (Å²) in [5.74, 6) is -1.32. The number of hydrogen-bond donors (Lipinski definition) is 3. The summed E-state index contributed by atoms with van der Waals surface area (Å²) in [5.41, 5.74) is 0. The lowest BCUT2D eigenvalue weighted by atomic mass is 10.0. The summed E-state index contributed by atoms with van der Waals surface area (Å²) < 4.78 is 68.8. The Hall–Kier alpha value is -1.94. The van der Waals surface area contributed by atoms with Crippen LogP contribution in [0.25, 0.3) is 0 Å². The number of phosphoric ester groups is 2. The van der Waals surface area contributed by atoms with Crippen LogP contribution >= 0.6 is 15.6 Å². The van der Waals surface area contributed by atoms with Crippen molar-refractivity contribution in [2.75, 3.05) is 39.6 Å². The van der Waals surface area contributed by atoms with Crippen molar-refractivity contribution >= 4 is 39.5 Å². The van der Waals surface area contributed by atoms with Gasteiger partial charge in [-0.1, -0.05) is 401 Å². The molecule has 0 bridgehead atoms. The SMILES string of the molecule is CCCCCCCCCCCCCCCCCCCCCC(=O)O[C@H](COC(=O)CCCCCCCCCCCCCCCCCCCC)COP(=O)(O)OC[C@@H](O)COP(=O)(O)OC[C@@H](COC(=O)CCCCCCCCCCCCC)OC(=O)CCCCCCCCCCCCCCC(C)C. The first-order valence-electron chi connectivity index (χ1n) is 43.6. The number of unbranched alkanes of at least 4 members (excludes halogenated alkanes) is 56. The van der Waals surface area contributed by atoms with Crippen LogP contribution in [0, 0.1) is 5.92 Å². The number of phosphoric acid groups is 2. The molecule has 5 atom stereocenters. The predicted octanol–water partition coefficient (Wildman–Crippen LogP) is 25.6. The average Bonchev–Trinajstić information content (AvgIpc) is 0.920.